The van der Waals surface area contributed by atoms with E-state index in [-0.39, 0.29) is 12.5 Å². The number of rotatable bonds is 6. The van der Waals surface area contributed by atoms with Crippen LogP contribution in [0.3, 0.4) is 0 Å². The highest BCUT2D eigenvalue weighted by atomic mass is 32.2. The predicted octanol–water partition coefficient (Wildman–Crippen LogP) is 3.83. The average Bonchev–Trinajstić information content (AvgIpc) is 3.17. The molecule has 0 bridgehead atoms. The summed E-state index contributed by atoms with van der Waals surface area (Å²) in [6, 6.07) is 23.7. The standard InChI is InChI=1S/C23H22N2O4S/c1-30(27,28)25(17-23(26)24-16-15-18-7-5-6-10-22(18)24)19-11-13-21(14-12-19)29-20-8-3-2-4-9-20/h2-14H,15-17H2,1H3. The van der Waals surface area contributed by atoms with E-state index >= 15 is 0 Å². The maximum atomic E-state index is 12.9. The van der Waals surface area contributed by atoms with Gasteiger partial charge in [0.15, 0.2) is 0 Å². The summed E-state index contributed by atoms with van der Waals surface area (Å²) < 4.78 is 31.7. The maximum absolute atomic E-state index is 12.9. The van der Waals surface area contributed by atoms with Gasteiger partial charge in [-0.1, -0.05) is 36.4 Å². The molecule has 0 unspecified atom stereocenters. The summed E-state index contributed by atoms with van der Waals surface area (Å²) in [5.74, 6) is 1.02. The molecule has 0 radical (unpaired) electrons. The lowest BCUT2D eigenvalue weighted by molar-refractivity contribution is -0.117. The lowest BCUT2D eigenvalue weighted by atomic mass is 10.2. The Morgan fingerprint density at radius 2 is 1.57 bits per heavy atom. The molecule has 0 fully saturated rings. The molecular formula is C23H22N2O4S. The fraction of sp³-hybridized carbons (Fsp3) is 0.174. The highest BCUT2D eigenvalue weighted by Gasteiger charge is 2.28. The van der Waals surface area contributed by atoms with Gasteiger partial charge in [0.05, 0.1) is 11.9 Å². The molecule has 7 heteroatoms. The zero-order valence-corrected chi connectivity index (χ0v) is 17.4. The Bertz CT molecular complexity index is 1150. The first-order valence-corrected chi connectivity index (χ1v) is 11.5. The van der Waals surface area contributed by atoms with Gasteiger partial charge >= 0.3 is 0 Å². The van der Waals surface area contributed by atoms with Crippen LogP contribution in [0.15, 0.2) is 78.9 Å². The van der Waals surface area contributed by atoms with Crippen molar-refractivity contribution in [2.45, 2.75) is 6.42 Å². The molecule has 3 aromatic rings. The summed E-state index contributed by atoms with van der Waals surface area (Å²) >= 11 is 0. The second-order valence-corrected chi connectivity index (χ2v) is 9.01. The van der Waals surface area contributed by atoms with Gasteiger partial charge in [0, 0.05) is 12.2 Å². The summed E-state index contributed by atoms with van der Waals surface area (Å²) in [7, 11) is -3.65. The average molecular weight is 423 g/mol. The van der Waals surface area contributed by atoms with E-state index < -0.39 is 10.0 Å². The number of carbonyl (C=O) groups is 1. The van der Waals surface area contributed by atoms with Crippen LogP contribution < -0.4 is 13.9 Å². The quantitative estimate of drug-likeness (QED) is 0.605. The highest BCUT2D eigenvalue weighted by Crippen LogP contribution is 2.29. The van der Waals surface area contributed by atoms with E-state index in [4.69, 9.17) is 4.74 Å². The number of nitrogens with zero attached hydrogens (tertiary/aromatic N) is 2. The van der Waals surface area contributed by atoms with Gasteiger partial charge in [0.25, 0.3) is 0 Å². The van der Waals surface area contributed by atoms with Crippen LogP contribution in [0.25, 0.3) is 0 Å². The Morgan fingerprint density at radius 3 is 2.27 bits per heavy atom. The van der Waals surface area contributed by atoms with Crippen LogP contribution in [0.4, 0.5) is 11.4 Å². The lowest BCUT2D eigenvalue weighted by Gasteiger charge is -2.25. The summed E-state index contributed by atoms with van der Waals surface area (Å²) in [6.45, 7) is 0.297. The number of fused-ring (bicyclic) bond motifs is 1. The number of anilines is 2. The van der Waals surface area contributed by atoms with Gasteiger partial charge < -0.3 is 9.64 Å². The van der Waals surface area contributed by atoms with Crippen molar-refractivity contribution in [1.29, 1.82) is 0 Å². The van der Waals surface area contributed by atoms with Crippen LogP contribution in [0.5, 0.6) is 11.5 Å². The molecule has 3 aromatic carbocycles. The molecule has 154 valence electrons. The van der Waals surface area contributed by atoms with E-state index in [1.807, 2.05) is 54.6 Å². The minimum absolute atomic E-state index is 0.255. The number of amides is 1. The molecule has 0 N–H and O–H groups in total. The summed E-state index contributed by atoms with van der Waals surface area (Å²) in [5, 5.41) is 0. The zero-order chi connectivity index (χ0) is 21.1. The molecular weight excluding hydrogens is 400 g/mol. The third-order valence-electron chi connectivity index (χ3n) is 4.97. The number of sulfonamides is 1. The summed E-state index contributed by atoms with van der Waals surface area (Å²) in [5.41, 5.74) is 2.36. The molecule has 0 saturated carbocycles. The van der Waals surface area contributed by atoms with Gasteiger partial charge in [0.1, 0.15) is 18.0 Å². The molecule has 1 aliphatic heterocycles. The van der Waals surface area contributed by atoms with Crippen LogP contribution in [0.2, 0.25) is 0 Å². The number of benzene rings is 3. The van der Waals surface area contributed by atoms with Crippen molar-refractivity contribution in [3.8, 4) is 11.5 Å². The van der Waals surface area contributed by atoms with E-state index in [2.05, 4.69) is 0 Å². The number of ether oxygens (including phenoxy) is 1. The monoisotopic (exact) mass is 422 g/mol. The Morgan fingerprint density at radius 1 is 0.933 bits per heavy atom. The van der Waals surface area contributed by atoms with Crippen molar-refractivity contribution in [3.05, 3.63) is 84.4 Å². The van der Waals surface area contributed by atoms with Gasteiger partial charge in [0.2, 0.25) is 15.9 Å². The number of para-hydroxylation sites is 2. The molecule has 1 heterocycles. The molecule has 0 aliphatic carbocycles. The van der Waals surface area contributed by atoms with Gasteiger partial charge in [-0.05, 0) is 54.4 Å². The van der Waals surface area contributed by atoms with Crippen molar-refractivity contribution in [3.63, 3.8) is 0 Å². The molecule has 4 rings (SSSR count). The SMILES string of the molecule is CS(=O)(=O)N(CC(=O)N1CCc2ccccc21)c1ccc(Oc2ccccc2)cc1. The Hall–Kier alpha value is -3.32. The first-order valence-electron chi connectivity index (χ1n) is 9.61. The Labute approximate surface area is 176 Å². The number of hydrogen-bond acceptors (Lipinski definition) is 4. The number of hydrogen-bond donors (Lipinski definition) is 0. The van der Waals surface area contributed by atoms with Crippen molar-refractivity contribution in [2.75, 3.05) is 28.6 Å². The second kappa shape index (κ2) is 8.20. The van der Waals surface area contributed by atoms with Gasteiger partial charge in [-0.15, -0.1) is 0 Å². The highest BCUT2D eigenvalue weighted by molar-refractivity contribution is 7.92. The van der Waals surface area contributed by atoms with Crippen LogP contribution in [-0.2, 0) is 21.2 Å². The van der Waals surface area contributed by atoms with Crippen LogP contribution in [-0.4, -0.2) is 33.7 Å². The molecule has 30 heavy (non-hydrogen) atoms. The normalized spacial score (nSPS) is 13.0. The molecule has 6 nitrogen and oxygen atoms in total. The minimum Gasteiger partial charge on any atom is -0.457 e. The van der Waals surface area contributed by atoms with E-state index in [1.54, 1.807) is 29.2 Å². The topological polar surface area (TPSA) is 66.9 Å². The third-order valence-corrected chi connectivity index (χ3v) is 6.11. The maximum Gasteiger partial charge on any atom is 0.247 e. The molecule has 0 aromatic heterocycles. The van der Waals surface area contributed by atoms with Crippen LogP contribution >= 0.6 is 0 Å². The first-order chi connectivity index (χ1) is 14.4. The van der Waals surface area contributed by atoms with E-state index in [0.29, 0.717) is 23.7 Å². The van der Waals surface area contributed by atoms with Gasteiger partial charge in [-0.25, -0.2) is 8.42 Å². The fourth-order valence-electron chi connectivity index (χ4n) is 3.51. The molecule has 0 saturated heterocycles. The largest absolute Gasteiger partial charge is 0.457 e. The summed E-state index contributed by atoms with van der Waals surface area (Å²) in [4.78, 5) is 14.6. The molecule has 1 amide bonds. The lowest BCUT2D eigenvalue weighted by Crippen LogP contribution is -2.42. The molecule has 0 atom stereocenters. The van der Waals surface area contributed by atoms with Crippen molar-refractivity contribution >= 4 is 27.3 Å². The van der Waals surface area contributed by atoms with Crippen LogP contribution in [0.1, 0.15) is 5.56 Å². The molecule has 1 aliphatic rings. The van der Waals surface area contributed by atoms with Crippen molar-refractivity contribution in [2.24, 2.45) is 0 Å². The Kier molecular flexibility index (Phi) is 5.46. The van der Waals surface area contributed by atoms with Crippen molar-refractivity contribution in [1.82, 2.24) is 0 Å². The van der Waals surface area contributed by atoms with Gasteiger partial charge in [-0.3, -0.25) is 9.10 Å². The van der Waals surface area contributed by atoms with E-state index in [1.165, 1.54) is 0 Å². The predicted molar refractivity (Wildman–Crippen MR) is 118 cm³/mol. The van der Waals surface area contributed by atoms with Crippen LogP contribution in [0, 0.1) is 0 Å². The first kappa shape index (κ1) is 20.0. The van der Waals surface area contributed by atoms with Crippen molar-refractivity contribution < 1.29 is 17.9 Å². The number of carbonyl (C=O) groups excluding carboxylic acids is 1. The fourth-order valence-corrected chi connectivity index (χ4v) is 4.36. The summed E-state index contributed by atoms with van der Waals surface area (Å²) in [6.07, 6.45) is 1.87. The minimum atomic E-state index is -3.65. The van der Waals surface area contributed by atoms with E-state index in [0.717, 1.165) is 28.2 Å². The van der Waals surface area contributed by atoms with E-state index in [9.17, 15) is 13.2 Å². The second-order valence-electron chi connectivity index (χ2n) is 7.10. The third kappa shape index (κ3) is 4.31. The molecule has 0 spiro atoms. The smallest absolute Gasteiger partial charge is 0.247 e. The zero-order valence-electron chi connectivity index (χ0n) is 16.6. The Balaban J connectivity index is 1.53. The van der Waals surface area contributed by atoms with Gasteiger partial charge in [-0.2, -0.15) is 0 Å².